The maximum atomic E-state index is 2.35. The number of allylic oxidation sites excluding steroid dienone is 10. The highest BCUT2D eigenvalue weighted by Gasteiger charge is 2.25. The molecule has 2 aliphatic rings. The molecule has 0 unspecified atom stereocenters. The molecule has 0 aromatic rings. The van der Waals surface area contributed by atoms with Crippen molar-refractivity contribution < 1.29 is 0 Å². The molecule has 2 aliphatic carbocycles. The van der Waals surface area contributed by atoms with E-state index in [-0.39, 0.29) is 0 Å². The van der Waals surface area contributed by atoms with E-state index in [1.54, 1.807) is 5.57 Å². The van der Waals surface area contributed by atoms with Crippen LogP contribution in [0.2, 0.25) is 0 Å². The predicted molar refractivity (Wildman–Crippen MR) is 124 cm³/mol. The SMILES string of the molecule is CC(C)=C1C=CC(C(C)(C)CC(C)C)=C1.CC(C)CC(C)(C)C1=CC=CC1. The lowest BCUT2D eigenvalue weighted by Crippen LogP contribution is -2.16. The Bertz CT molecular complexity index is 636. The summed E-state index contributed by atoms with van der Waals surface area (Å²) in [6.45, 7) is 22.9. The van der Waals surface area contributed by atoms with Crippen LogP contribution in [0.3, 0.4) is 0 Å². The Morgan fingerprint density at radius 2 is 1.44 bits per heavy atom. The Morgan fingerprint density at radius 3 is 1.85 bits per heavy atom. The third-order valence-corrected chi connectivity index (χ3v) is 5.59. The molecule has 0 aromatic carbocycles. The van der Waals surface area contributed by atoms with Gasteiger partial charge in [0, 0.05) is 0 Å². The molecule has 0 aliphatic heterocycles. The van der Waals surface area contributed by atoms with E-state index in [1.807, 2.05) is 0 Å². The summed E-state index contributed by atoms with van der Waals surface area (Å²) in [6.07, 6.45) is 17.3. The molecule has 0 heterocycles. The molecule has 0 spiro atoms. The standard InChI is InChI=1S/C15H24.C12H20/c1-11(2)10-15(5,6)14-8-7-13(9-14)12(3)4;1-10(2)9-12(3,4)11-7-5-6-8-11/h7-9,11H,10H2,1-6H3;5-7,10H,8-9H2,1-4H3. The minimum atomic E-state index is 0.307. The van der Waals surface area contributed by atoms with Crippen LogP contribution in [-0.4, -0.2) is 0 Å². The molecule has 0 fully saturated rings. The molecule has 0 atom stereocenters. The third-order valence-electron chi connectivity index (χ3n) is 5.59. The molecule has 0 nitrogen and oxygen atoms in total. The van der Waals surface area contributed by atoms with Crippen LogP contribution in [0.15, 0.2) is 58.7 Å². The highest BCUT2D eigenvalue weighted by atomic mass is 14.3. The maximum Gasteiger partial charge on any atom is -0.0101 e. The van der Waals surface area contributed by atoms with Gasteiger partial charge in [-0.25, -0.2) is 0 Å². The van der Waals surface area contributed by atoms with Crippen molar-refractivity contribution in [2.24, 2.45) is 22.7 Å². The third kappa shape index (κ3) is 7.68. The van der Waals surface area contributed by atoms with E-state index in [0.29, 0.717) is 10.8 Å². The van der Waals surface area contributed by atoms with Crippen molar-refractivity contribution in [3.63, 3.8) is 0 Å². The second-order valence-electron chi connectivity index (χ2n) is 10.7. The Kier molecular flexibility index (Phi) is 8.58. The van der Waals surface area contributed by atoms with Crippen LogP contribution in [-0.2, 0) is 0 Å². The molecule has 0 amide bonds. The first-order valence-electron chi connectivity index (χ1n) is 10.8. The maximum absolute atomic E-state index is 2.35. The van der Waals surface area contributed by atoms with Gasteiger partial charge in [0.25, 0.3) is 0 Å². The van der Waals surface area contributed by atoms with Crippen LogP contribution in [0, 0.1) is 22.7 Å². The first-order valence-corrected chi connectivity index (χ1v) is 10.8. The highest BCUT2D eigenvalue weighted by Crippen LogP contribution is 2.38. The van der Waals surface area contributed by atoms with E-state index in [2.05, 4.69) is 106 Å². The number of hydrogen-bond acceptors (Lipinski definition) is 0. The van der Waals surface area contributed by atoms with Gasteiger partial charge in [-0.15, -0.1) is 0 Å². The highest BCUT2D eigenvalue weighted by molar-refractivity contribution is 5.49. The van der Waals surface area contributed by atoms with Gasteiger partial charge in [0.15, 0.2) is 0 Å². The zero-order valence-electron chi connectivity index (χ0n) is 19.7. The van der Waals surface area contributed by atoms with E-state index in [9.17, 15) is 0 Å². The van der Waals surface area contributed by atoms with Gasteiger partial charge in [-0.3, -0.25) is 0 Å². The van der Waals surface area contributed by atoms with Crippen molar-refractivity contribution in [1.29, 1.82) is 0 Å². The lowest BCUT2D eigenvalue weighted by molar-refractivity contribution is 0.341. The molecule has 0 heteroatoms. The second kappa shape index (κ2) is 9.76. The monoisotopic (exact) mass is 368 g/mol. The lowest BCUT2D eigenvalue weighted by atomic mass is 9.77. The Balaban J connectivity index is 0.000000277. The van der Waals surface area contributed by atoms with Gasteiger partial charge in [0.05, 0.1) is 0 Å². The summed E-state index contributed by atoms with van der Waals surface area (Å²) in [5.41, 5.74) is 6.58. The molecular weight excluding hydrogens is 324 g/mol. The van der Waals surface area contributed by atoms with Gasteiger partial charge in [-0.1, -0.05) is 103 Å². The summed E-state index contributed by atoms with van der Waals surface area (Å²) >= 11 is 0. The van der Waals surface area contributed by atoms with Crippen LogP contribution in [0.5, 0.6) is 0 Å². The minimum Gasteiger partial charge on any atom is -0.0804 e. The van der Waals surface area contributed by atoms with Crippen molar-refractivity contribution >= 4 is 0 Å². The van der Waals surface area contributed by atoms with Gasteiger partial charge in [0.2, 0.25) is 0 Å². The first kappa shape index (κ1) is 23.7. The van der Waals surface area contributed by atoms with Crippen LogP contribution in [0.4, 0.5) is 0 Å². The smallest absolute Gasteiger partial charge is 0.0101 e. The van der Waals surface area contributed by atoms with E-state index >= 15 is 0 Å². The minimum absolute atomic E-state index is 0.307. The van der Waals surface area contributed by atoms with E-state index in [4.69, 9.17) is 0 Å². The fourth-order valence-electron chi connectivity index (χ4n) is 4.41. The normalized spacial score (nSPS) is 16.7. The molecule has 0 N–H and O–H groups in total. The fraction of sp³-hybridized carbons (Fsp3) is 0.630. The number of hydrogen-bond donors (Lipinski definition) is 0. The van der Waals surface area contributed by atoms with Crippen molar-refractivity contribution in [2.75, 3.05) is 0 Å². The van der Waals surface area contributed by atoms with Crippen molar-refractivity contribution in [3.05, 3.63) is 58.7 Å². The average Bonchev–Trinajstić information content (AvgIpc) is 3.18. The molecule has 0 saturated carbocycles. The summed E-state index contributed by atoms with van der Waals surface area (Å²) in [5, 5.41) is 0. The van der Waals surface area contributed by atoms with Crippen molar-refractivity contribution in [2.45, 2.75) is 88.5 Å². The van der Waals surface area contributed by atoms with Crippen molar-refractivity contribution in [3.8, 4) is 0 Å². The van der Waals surface area contributed by atoms with E-state index in [0.717, 1.165) is 11.8 Å². The van der Waals surface area contributed by atoms with Gasteiger partial charge in [-0.05, 0) is 66.9 Å². The Morgan fingerprint density at radius 1 is 0.889 bits per heavy atom. The van der Waals surface area contributed by atoms with E-state index in [1.165, 1.54) is 36.0 Å². The van der Waals surface area contributed by atoms with Crippen LogP contribution in [0.1, 0.15) is 88.5 Å². The van der Waals surface area contributed by atoms with Crippen LogP contribution < -0.4 is 0 Å². The molecule has 2 rings (SSSR count). The quantitative estimate of drug-likeness (QED) is 0.439. The molecule has 0 bridgehead atoms. The topological polar surface area (TPSA) is 0 Å². The Hall–Kier alpha value is -1.30. The van der Waals surface area contributed by atoms with Gasteiger partial charge < -0.3 is 0 Å². The predicted octanol–water partition coefficient (Wildman–Crippen LogP) is 8.84. The molecule has 27 heavy (non-hydrogen) atoms. The summed E-state index contributed by atoms with van der Waals surface area (Å²) in [5.74, 6) is 1.55. The van der Waals surface area contributed by atoms with Gasteiger partial charge >= 0.3 is 0 Å². The summed E-state index contributed by atoms with van der Waals surface area (Å²) in [4.78, 5) is 0. The second-order valence-corrected chi connectivity index (χ2v) is 10.7. The van der Waals surface area contributed by atoms with Gasteiger partial charge in [0.1, 0.15) is 0 Å². The zero-order chi connectivity index (χ0) is 20.8. The molecule has 152 valence electrons. The molecule has 0 aromatic heterocycles. The average molecular weight is 369 g/mol. The molecular formula is C27H44. The Labute approximate surface area is 170 Å². The number of rotatable bonds is 6. The van der Waals surface area contributed by atoms with Crippen LogP contribution in [0.25, 0.3) is 0 Å². The van der Waals surface area contributed by atoms with Crippen LogP contribution >= 0.6 is 0 Å². The fourth-order valence-corrected chi connectivity index (χ4v) is 4.41. The largest absolute Gasteiger partial charge is 0.0804 e. The lowest BCUT2D eigenvalue weighted by Gasteiger charge is -2.28. The molecule has 0 radical (unpaired) electrons. The molecule has 0 saturated heterocycles. The summed E-state index contributed by atoms with van der Waals surface area (Å²) < 4.78 is 0. The van der Waals surface area contributed by atoms with E-state index < -0.39 is 0 Å². The first-order chi connectivity index (χ1) is 12.3. The zero-order valence-corrected chi connectivity index (χ0v) is 19.7. The summed E-state index contributed by atoms with van der Waals surface area (Å²) in [7, 11) is 0. The summed E-state index contributed by atoms with van der Waals surface area (Å²) in [6, 6.07) is 0. The van der Waals surface area contributed by atoms with Crippen molar-refractivity contribution in [1.82, 2.24) is 0 Å². The van der Waals surface area contributed by atoms with Gasteiger partial charge in [-0.2, -0.15) is 0 Å².